The Morgan fingerprint density at radius 2 is 2.25 bits per heavy atom. The third kappa shape index (κ3) is 2.44. The van der Waals surface area contributed by atoms with E-state index in [1.807, 2.05) is 6.07 Å². The molecule has 1 aromatic carbocycles. The summed E-state index contributed by atoms with van der Waals surface area (Å²) in [6, 6.07) is 5.34. The lowest BCUT2D eigenvalue weighted by atomic mass is 9.92. The summed E-state index contributed by atoms with van der Waals surface area (Å²) in [6.45, 7) is 4.63. The van der Waals surface area contributed by atoms with Gasteiger partial charge in [0.2, 0.25) is 0 Å². The third-order valence-electron chi connectivity index (χ3n) is 4.35. The van der Waals surface area contributed by atoms with Gasteiger partial charge in [-0.2, -0.15) is 0 Å². The highest BCUT2D eigenvalue weighted by Gasteiger charge is 2.33. The van der Waals surface area contributed by atoms with Crippen LogP contribution < -0.4 is 0 Å². The second kappa shape index (κ2) is 5.03. The topological polar surface area (TPSA) is 17.8 Å². The zero-order valence-electron chi connectivity index (χ0n) is 12.0. The molecule has 4 heteroatoms. The van der Waals surface area contributed by atoms with Gasteiger partial charge >= 0.3 is 0 Å². The predicted molar refractivity (Wildman–Crippen MR) is 80.8 cm³/mol. The molecule has 1 fully saturated rings. The summed E-state index contributed by atoms with van der Waals surface area (Å²) in [5, 5.41) is 0. The average Bonchev–Trinajstić information content (AvgIpc) is 2.89. The number of hydrogen-bond donors (Lipinski definition) is 0. The lowest BCUT2D eigenvalue weighted by Crippen LogP contribution is -2.12. The Morgan fingerprint density at radius 1 is 1.45 bits per heavy atom. The molecule has 1 aromatic heterocycles. The average molecular weight is 295 g/mol. The molecule has 0 radical (unpaired) electrons. The molecule has 1 unspecified atom stereocenters. The molecule has 1 saturated carbocycles. The van der Waals surface area contributed by atoms with E-state index in [9.17, 15) is 4.39 Å². The summed E-state index contributed by atoms with van der Waals surface area (Å²) in [5.41, 5.74) is 2.16. The van der Waals surface area contributed by atoms with E-state index < -0.39 is 0 Å². The van der Waals surface area contributed by atoms with Gasteiger partial charge in [0.25, 0.3) is 0 Å². The Labute approximate surface area is 123 Å². The standard InChI is InChI=1S/C16H20ClFN2/c1-16(2)7-5-12(10-16)20-14-4-3-11(18)9-13(14)19-15(20)6-8-17/h3-4,9,12H,5-8,10H2,1-2H3. The van der Waals surface area contributed by atoms with E-state index in [1.54, 1.807) is 0 Å². The van der Waals surface area contributed by atoms with Crippen LogP contribution in [0.5, 0.6) is 0 Å². The van der Waals surface area contributed by atoms with Crippen molar-refractivity contribution in [3.8, 4) is 0 Å². The van der Waals surface area contributed by atoms with Crippen molar-refractivity contribution in [1.29, 1.82) is 0 Å². The van der Waals surface area contributed by atoms with Crippen molar-refractivity contribution in [3.05, 3.63) is 29.8 Å². The van der Waals surface area contributed by atoms with E-state index in [0.717, 1.165) is 36.1 Å². The highest BCUT2D eigenvalue weighted by atomic mass is 35.5. The molecule has 0 aliphatic heterocycles. The quantitative estimate of drug-likeness (QED) is 0.750. The molecule has 2 nitrogen and oxygen atoms in total. The number of imidazole rings is 1. The maximum atomic E-state index is 13.4. The number of rotatable bonds is 3. The minimum absolute atomic E-state index is 0.230. The molecule has 20 heavy (non-hydrogen) atoms. The minimum atomic E-state index is -0.230. The van der Waals surface area contributed by atoms with Crippen LogP contribution in [0.3, 0.4) is 0 Å². The second-order valence-electron chi connectivity index (χ2n) is 6.53. The maximum Gasteiger partial charge on any atom is 0.125 e. The summed E-state index contributed by atoms with van der Waals surface area (Å²) in [7, 11) is 0. The Kier molecular flexibility index (Phi) is 3.49. The normalized spacial score (nSPS) is 21.7. The van der Waals surface area contributed by atoms with Crippen molar-refractivity contribution in [2.24, 2.45) is 5.41 Å². The van der Waals surface area contributed by atoms with E-state index in [-0.39, 0.29) is 5.82 Å². The molecule has 1 atom stereocenters. The fourth-order valence-corrected chi connectivity index (χ4v) is 3.58. The van der Waals surface area contributed by atoms with Crippen molar-refractivity contribution in [3.63, 3.8) is 0 Å². The van der Waals surface area contributed by atoms with Gasteiger partial charge < -0.3 is 4.57 Å². The molecule has 1 aliphatic rings. The zero-order valence-corrected chi connectivity index (χ0v) is 12.8. The summed E-state index contributed by atoms with van der Waals surface area (Å²) < 4.78 is 15.7. The number of benzene rings is 1. The van der Waals surface area contributed by atoms with Gasteiger partial charge in [-0.15, -0.1) is 11.6 Å². The van der Waals surface area contributed by atoms with Crippen LogP contribution in [0.1, 0.15) is 45.0 Å². The molecular weight excluding hydrogens is 275 g/mol. The van der Waals surface area contributed by atoms with Crippen LogP contribution in [0.2, 0.25) is 0 Å². The molecular formula is C16H20ClFN2. The van der Waals surface area contributed by atoms with E-state index >= 15 is 0 Å². The van der Waals surface area contributed by atoms with E-state index in [1.165, 1.54) is 18.6 Å². The van der Waals surface area contributed by atoms with Crippen LogP contribution in [0.25, 0.3) is 11.0 Å². The summed E-state index contributed by atoms with van der Waals surface area (Å²) >= 11 is 5.90. The van der Waals surface area contributed by atoms with Crippen LogP contribution in [-0.4, -0.2) is 15.4 Å². The van der Waals surface area contributed by atoms with Gasteiger partial charge in [-0.1, -0.05) is 13.8 Å². The molecule has 0 bridgehead atoms. The minimum Gasteiger partial charge on any atom is -0.325 e. The molecule has 2 aromatic rings. The van der Waals surface area contributed by atoms with Gasteiger partial charge in [-0.05, 0) is 36.8 Å². The first kappa shape index (κ1) is 13.9. The first-order valence-electron chi connectivity index (χ1n) is 7.22. The predicted octanol–water partition coefficient (Wildman–Crippen LogP) is 4.71. The van der Waals surface area contributed by atoms with Crippen LogP contribution >= 0.6 is 11.6 Å². The molecule has 0 amide bonds. The molecule has 3 rings (SSSR count). The van der Waals surface area contributed by atoms with Crippen LogP contribution in [0.15, 0.2) is 18.2 Å². The fourth-order valence-electron chi connectivity index (χ4n) is 3.41. The van der Waals surface area contributed by atoms with Gasteiger partial charge in [0, 0.05) is 24.4 Å². The monoisotopic (exact) mass is 294 g/mol. The van der Waals surface area contributed by atoms with Crippen molar-refractivity contribution >= 4 is 22.6 Å². The van der Waals surface area contributed by atoms with E-state index in [2.05, 4.69) is 23.4 Å². The molecule has 0 saturated heterocycles. The highest BCUT2D eigenvalue weighted by molar-refractivity contribution is 6.17. The molecule has 108 valence electrons. The number of nitrogens with zero attached hydrogens (tertiary/aromatic N) is 2. The molecule has 1 aliphatic carbocycles. The lowest BCUT2D eigenvalue weighted by Gasteiger charge is -2.20. The van der Waals surface area contributed by atoms with Crippen LogP contribution in [0, 0.1) is 11.2 Å². The largest absolute Gasteiger partial charge is 0.325 e. The van der Waals surface area contributed by atoms with Crippen molar-refractivity contribution in [2.45, 2.75) is 45.6 Å². The summed E-state index contributed by atoms with van der Waals surface area (Å²) in [4.78, 5) is 4.59. The number of fused-ring (bicyclic) bond motifs is 1. The van der Waals surface area contributed by atoms with Crippen LogP contribution in [-0.2, 0) is 6.42 Å². The number of alkyl halides is 1. The van der Waals surface area contributed by atoms with Crippen molar-refractivity contribution in [1.82, 2.24) is 9.55 Å². The number of aromatic nitrogens is 2. The number of aryl methyl sites for hydroxylation is 1. The fraction of sp³-hybridized carbons (Fsp3) is 0.562. The lowest BCUT2D eigenvalue weighted by molar-refractivity contribution is 0.358. The smallest absolute Gasteiger partial charge is 0.125 e. The Morgan fingerprint density at radius 3 is 2.90 bits per heavy atom. The second-order valence-corrected chi connectivity index (χ2v) is 6.91. The number of hydrogen-bond acceptors (Lipinski definition) is 1. The van der Waals surface area contributed by atoms with Crippen molar-refractivity contribution < 1.29 is 4.39 Å². The molecule has 0 spiro atoms. The maximum absolute atomic E-state index is 13.4. The first-order valence-corrected chi connectivity index (χ1v) is 7.76. The van der Waals surface area contributed by atoms with Gasteiger partial charge in [-0.25, -0.2) is 9.37 Å². The Hall–Kier alpha value is -1.09. The Balaban J connectivity index is 2.09. The highest BCUT2D eigenvalue weighted by Crippen LogP contribution is 2.45. The van der Waals surface area contributed by atoms with Gasteiger partial charge in [0.05, 0.1) is 11.0 Å². The third-order valence-corrected chi connectivity index (χ3v) is 4.54. The molecule has 1 heterocycles. The Bertz CT molecular complexity index is 633. The van der Waals surface area contributed by atoms with Crippen molar-refractivity contribution in [2.75, 3.05) is 5.88 Å². The SMILES string of the molecule is CC1(C)CCC(n2c(CCCl)nc3cc(F)ccc32)C1. The summed E-state index contributed by atoms with van der Waals surface area (Å²) in [6.07, 6.45) is 4.25. The molecule has 0 N–H and O–H groups in total. The summed E-state index contributed by atoms with van der Waals surface area (Å²) in [5.74, 6) is 1.30. The van der Waals surface area contributed by atoms with E-state index in [4.69, 9.17) is 11.6 Å². The van der Waals surface area contributed by atoms with Gasteiger partial charge in [-0.3, -0.25) is 0 Å². The van der Waals surface area contributed by atoms with Gasteiger partial charge in [0.1, 0.15) is 11.6 Å². The number of halogens is 2. The first-order chi connectivity index (χ1) is 9.50. The van der Waals surface area contributed by atoms with Gasteiger partial charge in [0.15, 0.2) is 0 Å². The van der Waals surface area contributed by atoms with Crippen LogP contribution in [0.4, 0.5) is 4.39 Å². The zero-order chi connectivity index (χ0) is 14.3. The van der Waals surface area contributed by atoms with E-state index in [0.29, 0.717) is 17.3 Å².